The second-order valence-corrected chi connectivity index (χ2v) is 3.16. The lowest BCUT2D eigenvalue weighted by molar-refractivity contribution is 0.0988. The number of hydrogen-bond acceptors (Lipinski definition) is 3. The van der Waals surface area contributed by atoms with Crippen LogP contribution >= 0.6 is 0 Å². The molecule has 2 aromatic rings. The number of ketones is 1. The van der Waals surface area contributed by atoms with E-state index in [0.29, 0.717) is 6.42 Å². The van der Waals surface area contributed by atoms with E-state index in [2.05, 4.69) is 10.1 Å². The van der Waals surface area contributed by atoms with Crippen molar-refractivity contribution < 1.29 is 4.79 Å². The Morgan fingerprint density at radius 3 is 2.60 bits per heavy atom. The van der Waals surface area contributed by atoms with Crippen LogP contribution in [0.1, 0.15) is 23.7 Å². The predicted molar refractivity (Wildman–Crippen MR) is 56.0 cm³/mol. The smallest absolute Gasteiger partial charge is 0.162 e. The van der Waals surface area contributed by atoms with Gasteiger partial charge in [0.1, 0.15) is 12.7 Å². The molecule has 0 saturated heterocycles. The van der Waals surface area contributed by atoms with Crippen LogP contribution in [0.5, 0.6) is 0 Å². The van der Waals surface area contributed by atoms with Crippen LogP contribution in [0.3, 0.4) is 0 Å². The van der Waals surface area contributed by atoms with Crippen LogP contribution in [-0.4, -0.2) is 20.5 Å². The van der Waals surface area contributed by atoms with Crippen LogP contribution in [0, 0.1) is 0 Å². The van der Waals surface area contributed by atoms with E-state index in [4.69, 9.17) is 0 Å². The van der Waals surface area contributed by atoms with Crippen molar-refractivity contribution >= 4 is 5.78 Å². The Morgan fingerprint density at radius 1 is 1.33 bits per heavy atom. The molecule has 0 fully saturated rings. The van der Waals surface area contributed by atoms with Crippen molar-refractivity contribution in [1.29, 1.82) is 0 Å². The highest BCUT2D eigenvalue weighted by molar-refractivity contribution is 5.95. The average Bonchev–Trinajstić information content (AvgIpc) is 2.82. The summed E-state index contributed by atoms with van der Waals surface area (Å²) in [6.07, 6.45) is 3.63. The van der Waals surface area contributed by atoms with Gasteiger partial charge >= 0.3 is 0 Å². The van der Waals surface area contributed by atoms with Gasteiger partial charge in [-0.25, -0.2) is 9.67 Å². The summed E-state index contributed by atoms with van der Waals surface area (Å²) >= 11 is 0. The molecule has 0 amide bonds. The minimum atomic E-state index is 0.153. The molecule has 15 heavy (non-hydrogen) atoms. The number of carbonyl (C=O) groups is 1. The standard InChI is InChI=1S/C11H11N3O/c1-2-11(15)9-3-5-10(6-4-9)14-8-12-7-13-14/h3-8H,2H2,1H3. The largest absolute Gasteiger partial charge is 0.294 e. The molecular formula is C11H11N3O. The highest BCUT2D eigenvalue weighted by Crippen LogP contribution is 2.09. The van der Waals surface area contributed by atoms with E-state index in [1.54, 1.807) is 11.0 Å². The molecule has 0 radical (unpaired) electrons. The minimum Gasteiger partial charge on any atom is -0.294 e. The summed E-state index contributed by atoms with van der Waals surface area (Å²) < 4.78 is 1.65. The van der Waals surface area contributed by atoms with E-state index in [1.807, 2.05) is 31.2 Å². The van der Waals surface area contributed by atoms with Crippen molar-refractivity contribution in [2.75, 3.05) is 0 Å². The molecule has 0 aliphatic rings. The van der Waals surface area contributed by atoms with E-state index < -0.39 is 0 Å². The lowest BCUT2D eigenvalue weighted by atomic mass is 10.1. The third-order valence-electron chi connectivity index (χ3n) is 2.19. The molecule has 0 atom stereocenters. The van der Waals surface area contributed by atoms with Gasteiger partial charge in [-0.05, 0) is 24.3 Å². The van der Waals surface area contributed by atoms with E-state index in [9.17, 15) is 4.79 Å². The van der Waals surface area contributed by atoms with Crippen molar-refractivity contribution in [2.24, 2.45) is 0 Å². The Bertz CT molecular complexity index is 445. The maximum Gasteiger partial charge on any atom is 0.162 e. The maximum atomic E-state index is 11.4. The zero-order valence-electron chi connectivity index (χ0n) is 8.42. The molecule has 0 aliphatic carbocycles. The Labute approximate surface area is 87.6 Å². The van der Waals surface area contributed by atoms with Crippen molar-refractivity contribution in [3.63, 3.8) is 0 Å². The second-order valence-electron chi connectivity index (χ2n) is 3.16. The maximum absolute atomic E-state index is 11.4. The fraction of sp³-hybridized carbons (Fsp3) is 0.182. The van der Waals surface area contributed by atoms with Crippen LogP contribution in [0.2, 0.25) is 0 Å². The summed E-state index contributed by atoms with van der Waals surface area (Å²) in [6, 6.07) is 7.33. The van der Waals surface area contributed by atoms with Gasteiger partial charge in [0.2, 0.25) is 0 Å². The van der Waals surface area contributed by atoms with E-state index in [-0.39, 0.29) is 5.78 Å². The monoisotopic (exact) mass is 201 g/mol. The summed E-state index contributed by atoms with van der Waals surface area (Å²) in [5, 5.41) is 4.00. The molecular weight excluding hydrogens is 190 g/mol. The summed E-state index contributed by atoms with van der Waals surface area (Å²) in [4.78, 5) is 15.2. The molecule has 4 heteroatoms. The Balaban J connectivity index is 2.29. The molecule has 0 aliphatic heterocycles. The van der Waals surface area contributed by atoms with Crippen LogP contribution < -0.4 is 0 Å². The molecule has 0 saturated carbocycles. The molecule has 76 valence electrons. The normalized spacial score (nSPS) is 10.2. The number of rotatable bonds is 3. The molecule has 1 aromatic heterocycles. The first-order chi connectivity index (χ1) is 7.31. The zero-order chi connectivity index (χ0) is 10.7. The fourth-order valence-electron chi connectivity index (χ4n) is 1.35. The number of aromatic nitrogens is 3. The average molecular weight is 201 g/mol. The van der Waals surface area contributed by atoms with Gasteiger partial charge < -0.3 is 0 Å². The van der Waals surface area contributed by atoms with Crippen LogP contribution in [0.25, 0.3) is 5.69 Å². The van der Waals surface area contributed by atoms with Crippen molar-refractivity contribution in [2.45, 2.75) is 13.3 Å². The third-order valence-corrected chi connectivity index (χ3v) is 2.19. The highest BCUT2D eigenvalue weighted by atomic mass is 16.1. The molecule has 0 unspecified atom stereocenters. The van der Waals surface area contributed by atoms with Gasteiger partial charge in [-0.15, -0.1) is 0 Å². The lowest BCUT2D eigenvalue weighted by Gasteiger charge is -2.01. The summed E-state index contributed by atoms with van der Waals surface area (Å²) in [5.41, 5.74) is 1.64. The second kappa shape index (κ2) is 4.04. The van der Waals surface area contributed by atoms with Crippen molar-refractivity contribution in [1.82, 2.24) is 14.8 Å². The first kappa shape index (κ1) is 9.58. The highest BCUT2D eigenvalue weighted by Gasteiger charge is 2.03. The predicted octanol–water partition coefficient (Wildman–Crippen LogP) is 1.86. The number of Topliss-reactive ketones (excluding diaryl/α,β-unsaturated/α-hetero) is 1. The number of hydrogen-bond donors (Lipinski definition) is 0. The van der Waals surface area contributed by atoms with E-state index >= 15 is 0 Å². The van der Waals surface area contributed by atoms with Crippen LogP contribution in [0.4, 0.5) is 0 Å². The van der Waals surface area contributed by atoms with Gasteiger partial charge in [0.15, 0.2) is 5.78 Å². The quantitative estimate of drug-likeness (QED) is 0.712. The molecule has 1 heterocycles. The van der Waals surface area contributed by atoms with Gasteiger partial charge in [-0.2, -0.15) is 5.10 Å². The van der Waals surface area contributed by atoms with E-state index in [1.165, 1.54) is 6.33 Å². The Hall–Kier alpha value is -1.97. The van der Waals surface area contributed by atoms with Gasteiger partial charge in [-0.3, -0.25) is 4.79 Å². The van der Waals surface area contributed by atoms with Gasteiger partial charge in [0.25, 0.3) is 0 Å². The lowest BCUT2D eigenvalue weighted by Crippen LogP contribution is -1.98. The van der Waals surface area contributed by atoms with Crippen molar-refractivity contribution in [3.05, 3.63) is 42.5 Å². The molecule has 2 rings (SSSR count). The Morgan fingerprint density at radius 2 is 2.07 bits per heavy atom. The van der Waals surface area contributed by atoms with Gasteiger partial charge in [-0.1, -0.05) is 6.92 Å². The third kappa shape index (κ3) is 1.93. The molecule has 0 N–H and O–H groups in total. The molecule has 0 spiro atoms. The minimum absolute atomic E-state index is 0.153. The number of carbonyl (C=O) groups excluding carboxylic acids is 1. The van der Waals surface area contributed by atoms with Gasteiger partial charge in [0.05, 0.1) is 5.69 Å². The first-order valence-corrected chi connectivity index (χ1v) is 4.79. The van der Waals surface area contributed by atoms with Crippen LogP contribution in [-0.2, 0) is 0 Å². The molecule has 1 aromatic carbocycles. The molecule has 0 bridgehead atoms. The fourth-order valence-corrected chi connectivity index (χ4v) is 1.35. The summed E-state index contributed by atoms with van der Waals surface area (Å²) in [7, 11) is 0. The summed E-state index contributed by atoms with van der Waals surface area (Å²) in [6.45, 7) is 1.85. The Kier molecular flexibility index (Phi) is 2.58. The van der Waals surface area contributed by atoms with Crippen LogP contribution in [0.15, 0.2) is 36.9 Å². The number of benzene rings is 1. The molecule has 4 nitrogen and oxygen atoms in total. The first-order valence-electron chi connectivity index (χ1n) is 4.79. The van der Waals surface area contributed by atoms with Gasteiger partial charge in [0, 0.05) is 12.0 Å². The number of nitrogens with zero attached hydrogens (tertiary/aromatic N) is 3. The SMILES string of the molecule is CCC(=O)c1ccc(-n2cncn2)cc1. The zero-order valence-corrected chi connectivity index (χ0v) is 8.42. The van der Waals surface area contributed by atoms with Crippen molar-refractivity contribution in [3.8, 4) is 5.69 Å². The van der Waals surface area contributed by atoms with E-state index in [0.717, 1.165) is 11.3 Å². The summed E-state index contributed by atoms with van der Waals surface area (Å²) in [5.74, 6) is 0.153. The topological polar surface area (TPSA) is 47.8 Å².